The maximum atomic E-state index is 14.1. The van der Waals surface area contributed by atoms with Crippen molar-refractivity contribution in [3.05, 3.63) is 35.8 Å². The summed E-state index contributed by atoms with van der Waals surface area (Å²) >= 11 is 2.43. The van der Waals surface area contributed by atoms with Crippen LogP contribution in [0.5, 0.6) is 5.75 Å². The Labute approximate surface area is 195 Å². The molecule has 2 N–H and O–H groups in total. The van der Waals surface area contributed by atoms with Crippen molar-refractivity contribution in [3.63, 3.8) is 0 Å². The number of amides is 2. The summed E-state index contributed by atoms with van der Waals surface area (Å²) in [5.74, 6) is -0.520. The predicted octanol–water partition coefficient (Wildman–Crippen LogP) is 5.12. The lowest BCUT2D eigenvalue weighted by atomic mass is 9.86. The third-order valence-electron chi connectivity index (χ3n) is 5.58. The van der Waals surface area contributed by atoms with Gasteiger partial charge in [0.15, 0.2) is 16.7 Å². The topological polar surface area (TPSA) is 91.8 Å². The Morgan fingerprint density at radius 3 is 2.75 bits per heavy atom. The zero-order chi connectivity index (χ0) is 23.1. The lowest BCUT2D eigenvalue weighted by Crippen LogP contribution is -2.45. The van der Waals surface area contributed by atoms with Crippen LogP contribution in [0, 0.1) is 11.7 Å². The molecule has 0 aliphatic heterocycles. The molecule has 1 aromatic heterocycles. The van der Waals surface area contributed by atoms with Gasteiger partial charge in [-0.1, -0.05) is 24.3 Å². The number of nitrogens with one attached hydrogen (secondary N) is 1. The number of carboxylic acids is 1. The fraction of sp³-hybridized carbons (Fsp3) is 0.500. The number of hydrogen-bond donors (Lipinski definition) is 2. The summed E-state index contributed by atoms with van der Waals surface area (Å²) in [7, 11) is 1.43. The second-order valence-corrected chi connectivity index (χ2v) is 10.2. The van der Waals surface area contributed by atoms with E-state index in [1.165, 1.54) is 36.3 Å². The number of thiazole rings is 1. The van der Waals surface area contributed by atoms with E-state index < -0.39 is 11.8 Å². The highest BCUT2D eigenvalue weighted by Gasteiger charge is 2.28. The highest BCUT2D eigenvalue weighted by molar-refractivity contribution is 8.01. The van der Waals surface area contributed by atoms with Gasteiger partial charge >= 0.3 is 12.0 Å². The fourth-order valence-electron chi connectivity index (χ4n) is 3.80. The van der Waals surface area contributed by atoms with Crippen LogP contribution in [-0.2, 0) is 11.2 Å². The van der Waals surface area contributed by atoms with Gasteiger partial charge in [-0.05, 0) is 55.7 Å². The van der Waals surface area contributed by atoms with Gasteiger partial charge in [-0.15, -0.1) is 11.8 Å². The fourth-order valence-corrected chi connectivity index (χ4v) is 5.38. The molecule has 2 amide bonds. The predicted molar refractivity (Wildman–Crippen MR) is 124 cm³/mol. The number of carboxylic acid groups (broad SMARTS) is 1. The number of hydrogen-bond acceptors (Lipinski definition) is 6. The Hall–Kier alpha value is -2.33. The number of aliphatic carboxylic acids is 1. The summed E-state index contributed by atoms with van der Waals surface area (Å²) in [5, 5.41) is 12.1. The van der Waals surface area contributed by atoms with Crippen molar-refractivity contribution in [2.75, 3.05) is 24.7 Å². The first-order valence-electron chi connectivity index (χ1n) is 10.6. The van der Waals surface area contributed by atoms with E-state index >= 15 is 0 Å². The Balaban J connectivity index is 1.67. The third kappa shape index (κ3) is 6.83. The van der Waals surface area contributed by atoms with E-state index in [-0.39, 0.29) is 23.6 Å². The summed E-state index contributed by atoms with van der Waals surface area (Å²) < 4.78 is 19.8. The molecule has 1 heterocycles. The van der Waals surface area contributed by atoms with E-state index in [2.05, 4.69) is 17.2 Å². The minimum absolute atomic E-state index is 0.0552. The average Bonchev–Trinajstić information content (AvgIpc) is 3.21. The van der Waals surface area contributed by atoms with Gasteiger partial charge in [0, 0.05) is 12.6 Å². The van der Waals surface area contributed by atoms with Crippen LogP contribution in [0.3, 0.4) is 0 Å². The van der Waals surface area contributed by atoms with Crippen molar-refractivity contribution in [1.82, 2.24) is 9.88 Å². The van der Waals surface area contributed by atoms with E-state index in [0.29, 0.717) is 24.0 Å². The first-order chi connectivity index (χ1) is 15.4. The molecular weight excluding hydrogens is 453 g/mol. The molecule has 1 aromatic carbocycles. The molecule has 0 atom stereocenters. The largest absolute Gasteiger partial charge is 0.494 e. The molecule has 3 rings (SSSR count). The second kappa shape index (κ2) is 11.5. The average molecular weight is 482 g/mol. The zero-order valence-corrected chi connectivity index (χ0v) is 19.8. The number of carbonyl (C=O) groups excluding carboxylic acids is 1. The molecule has 32 heavy (non-hydrogen) atoms. The maximum absolute atomic E-state index is 14.1. The number of thioether (sulfide) groups is 1. The maximum Gasteiger partial charge on any atom is 0.323 e. The van der Waals surface area contributed by atoms with Crippen molar-refractivity contribution in [1.29, 1.82) is 0 Å². The molecule has 0 radical (unpaired) electrons. The molecule has 0 spiro atoms. The van der Waals surface area contributed by atoms with Crippen LogP contribution in [0.15, 0.2) is 28.6 Å². The lowest BCUT2D eigenvalue weighted by Gasteiger charge is -2.36. The summed E-state index contributed by atoms with van der Waals surface area (Å²) in [6.07, 6.45) is 6.10. The summed E-state index contributed by atoms with van der Waals surface area (Å²) in [6.45, 7) is 2.69. The summed E-state index contributed by atoms with van der Waals surface area (Å²) in [6, 6.07) is 4.75. The van der Waals surface area contributed by atoms with E-state index in [1.54, 1.807) is 12.3 Å². The van der Waals surface area contributed by atoms with Crippen LogP contribution in [-0.4, -0.2) is 52.4 Å². The number of aromatic nitrogens is 1. The first kappa shape index (κ1) is 24.3. The normalized spacial score (nSPS) is 18.2. The number of halogens is 1. The minimum atomic E-state index is -0.901. The van der Waals surface area contributed by atoms with Gasteiger partial charge < -0.3 is 14.7 Å². The Morgan fingerprint density at radius 2 is 2.09 bits per heavy atom. The van der Waals surface area contributed by atoms with Gasteiger partial charge in [0.25, 0.3) is 0 Å². The molecule has 7 nitrogen and oxygen atoms in total. The molecule has 1 saturated carbocycles. The lowest BCUT2D eigenvalue weighted by molar-refractivity contribution is -0.133. The number of urea groups is 1. The molecule has 0 saturated heterocycles. The standard InChI is InChI=1S/C22H28FN3O4S2/c1-14-3-6-16(7-4-14)26(10-9-15-5-8-18(30-2)17(23)11-15)22(29)25-21-24-12-20(32-21)31-13-19(27)28/h5,8,11-12,14,16H,3-4,6-7,9-10,13H2,1-2H3,(H,27,28)(H,24,25,29). The van der Waals surface area contributed by atoms with Crippen molar-refractivity contribution in [2.24, 2.45) is 5.92 Å². The zero-order valence-electron chi connectivity index (χ0n) is 18.2. The number of anilines is 1. The van der Waals surface area contributed by atoms with Gasteiger partial charge in [0.2, 0.25) is 0 Å². The number of carbonyl (C=O) groups is 2. The summed E-state index contributed by atoms with van der Waals surface area (Å²) in [4.78, 5) is 29.9. The molecule has 0 bridgehead atoms. The van der Waals surface area contributed by atoms with Crippen LogP contribution in [0.1, 0.15) is 38.2 Å². The molecule has 10 heteroatoms. The molecule has 1 fully saturated rings. The molecule has 0 unspecified atom stereocenters. The van der Waals surface area contributed by atoms with Crippen molar-refractivity contribution < 1.29 is 23.8 Å². The second-order valence-electron chi connectivity index (χ2n) is 7.92. The van der Waals surface area contributed by atoms with Gasteiger partial charge in [-0.25, -0.2) is 14.2 Å². The van der Waals surface area contributed by atoms with E-state index in [4.69, 9.17) is 9.84 Å². The van der Waals surface area contributed by atoms with E-state index in [1.807, 2.05) is 11.0 Å². The Bertz CT molecular complexity index is 932. The molecular formula is C22H28FN3O4S2. The number of ether oxygens (including phenoxy) is 1. The van der Waals surface area contributed by atoms with Crippen LogP contribution < -0.4 is 10.1 Å². The third-order valence-corrected chi connectivity index (χ3v) is 7.67. The molecule has 1 aliphatic carbocycles. The van der Waals surface area contributed by atoms with Gasteiger partial charge in [0.05, 0.1) is 23.3 Å². The van der Waals surface area contributed by atoms with Crippen LogP contribution >= 0.6 is 23.1 Å². The smallest absolute Gasteiger partial charge is 0.323 e. The van der Waals surface area contributed by atoms with Gasteiger partial charge in [-0.3, -0.25) is 10.1 Å². The number of nitrogens with zero attached hydrogens (tertiary/aromatic N) is 2. The Kier molecular flexibility index (Phi) is 8.75. The van der Waals surface area contributed by atoms with Crippen molar-refractivity contribution in [3.8, 4) is 5.75 Å². The highest BCUT2D eigenvalue weighted by Crippen LogP contribution is 2.30. The van der Waals surface area contributed by atoms with Crippen molar-refractivity contribution in [2.45, 2.75) is 49.3 Å². The highest BCUT2D eigenvalue weighted by atomic mass is 32.2. The quantitative estimate of drug-likeness (QED) is 0.483. The van der Waals surface area contributed by atoms with E-state index in [0.717, 1.165) is 35.5 Å². The molecule has 174 valence electrons. The SMILES string of the molecule is COc1ccc(CCN(C(=O)Nc2ncc(SCC(=O)O)s2)C2CCC(C)CC2)cc1F. The van der Waals surface area contributed by atoms with Gasteiger partial charge in [0.1, 0.15) is 0 Å². The van der Waals surface area contributed by atoms with Gasteiger partial charge in [-0.2, -0.15) is 0 Å². The first-order valence-corrected chi connectivity index (χ1v) is 12.4. The van der Waals surface area contributed by atoms with Crippen LogP contribution in [0.25, 0.3) is 0 Å². The van der Waals surface area contributed by atoms with Crippen molar-refractivity contribution >= 4 is 40.2 Å². The monoisotopic (exact) mass is 481 g/mol. The molecule has 2 aromatic rings. The minimum Gasteiger partial charge on any atom is -0.494 e. The number of rotatable bonds is 9. The van der Waals surface area contributed by atoms with Crippen LogP contribution in [0.4, 0.5) is 14.3 Å². The Morgan fingerprint density at radius 1 is 1.34 bits per heavy atom. The number of methoxy groups -OCH3 is 1. The molecule has 1 aliphatic rings. The van der Waals surface area contributed by atoms with E-state index in [9.17, 15) is 14.0 Å². The van der Waals surface area contributed by atoms with Crippen LogP contribution in [0.2, 0.25) is 0 Å². The number of benzene rings is 1. The summed E-state index contributed by atoms with van der Waals surface area (Å²) in [5.41, 5.74) is 0.798.